The smallest absolute Gasteiger partial charge is 0.119 e. The van der Waals surface area contributed by atoms with E-state index in [1.54, 1.807) is 18.2 Å². The van der Waals surface area contributed by atoms with E-state index in [1.165, 1.54) is 5.56 Å². The Bertz CT molecular complexity index is 1940. The molecule has 46 heavy (non-hydrogen) atoms. The number of benzene rings is 5. The standard InChI is InChI=1S/C38H32Cl2N4OS/c39-31-16-17-35(36(40)24-31)37-26-43(32-9-5-10-33(25-32)44-20-19-41-46-44)38(42-37)22-28-12-14-29(15-13-28)30-8-4-11-34(23-30)45-21-18-27-6-2-1-3-7-27/h1-17,23-26,41H,18-22H2. The summed E-state index contributed by atoms with van der Waals surface area (Å²) in [6.45, 7) is 2.54. The van der Waals surface area contributed by atoms with Crippen LogP contribution in [0.4, 0.5) is 5.69 Å². The molecule has 0 spiro atoms. The molecule has 0 saturated carbocycles. The predicted octanol–water partition coefficient (Wildman–Crippen LogP) is 9.70. The van der Waals surface area contributed by atoms with E-state index < -0.39 is 0 Å². The molecule has 0 unspecified atom stereocenters. The zero-order valence-electron chi connectivity index (χ0n) is 25.1. The van der Waals surface area contributed by atoms with E-state index in [9.17, 15) is 0 Å². The van der Waals surface area contributed by atoms with Crippen LogP contribution in [0, 0.1) is 0 Å². The summed E-state index contributed by atoms with van der Waals surface area (Å²) in [6, 6.07) is 41.5. The molecule has 1 N–H and O–H groups in total. The fourth-order valence-electron chi connectivity index (χ4n) is 5.58. The lowest BCUT2D eigenvalue weighted by molar-refractivity contribution is 0.322. The summed E-state index contributed by atoms with van der Waals surface area (Å²) in [5, 5.41) is 1.18. The number of hydrogen-bond donors (Lipinski definition) is 1. The van der Waals surface area contributed by atoms with Crippen molar-refractivity contribution >= 4 is 41.0 Å². The molecular formula is C38H32Cl2N4OS. The Balaban J connectivity index is 1.13. The van der Waals surface area contributed by atoms with Crippen LogP contribution in [0.1, 0.15) is 17.0 Å². The molecule has 5 aromatic carbocycles. The Hall–Kier alpha value is -4.20. The van der Waals surface area contributed by atoms with Gasteiger partial charge in [-0.2, -0.15) is 0 Å². The molecule has 5 nitrogen and oxygen atoms in total. The molecule has 8 heteroatoms. The average Bonchev–Trinajstić information content (AvgIpc) is 3.77. The van der Waals surface area contributed by atoms with Crippen LogP contribution >= 0.6 is 35.3 Å². The first kappa shape index (κ1) is 30.5. The third-order valence-electron chi connectivity index (χ3n) is 7.96. The van der Waals surface area contributed by atoms with Crippen molar-refractivity contribution in [2.24, 2.45) is 0 Å². The zero-order chi connectivity index (χ0) is 31.3. The van der Waals surface area contributed by atoms with E-state index in [4.69, 9.17) is 32.9 Å². The molecule has 2 heterocycles. The first-order valence-corrected chi connectivity index (χ1v) is 16.8. The Kier molecular flexibility index (Phi) is 9.31. The van der Waals surface area contributed by atoms with Gasteiger partial charge in [0.1, 0.15) is 11.6 Å². The first-order valence-electron chi connectivity index (χ1n) is 15.3. The lowest BCUT2D eigenvalue weighted by Gasteiger charge is -2.16. The fourth-order valence-corrected chi connectivity index (χ4v) is 6.83. The van der Waals surface area contributed by atoms with Gasteiger partial charge in [0, 0.05) is 60.5 Å². The number of nitrogens with zero attached hydrogens (tertiary/aromatic N) is 3. The van der Waals surface area contributed by atoms with Crippen LogP contribution in [0.25, 0.3) is 28.1 Å². The summed E-state index contributed by atoms with van der Waals surface area (Å²) in [4.78, 5) is 5.10. The topological polar surface area (TPSA) is 42.3 Å². The van der Waals surface area contributed by atoms with Gasteiger partial charge in [0.2, 0.25) is 0 Å². The number of rotatable bonds is 10. The van der Waals surface area contributed by atoms with E-state index in [0.717, 1.165) is 70.4 Å². The van der Waals surface area contributed by atoms with Crippen molar-refractivity contribution < 1.29 is 4.74 Å². The molecule has 6 aromatic rings. The minimum Gasteiger partial charge on any atom is -0.493 e. The number of halogens is 2. The first-order chi connectivity index (χ1) is 22.6. The summed E-state index contributed by atoms with van der Waals surface area (Å²) in [7, 11) is 0. The van der Waals surface area contributed by atoms with Crippen molar-refractivity contribution in [2.45, 2.75) is 12.8 Å². The van der Waals surface area contributed by atoms with E-state index in [0.29, 0.717) is 23.1 Å². The summed E-state index contributed by atoms with van der Waals surface area (Å²) in [6.07, 6.45) is 3.59. The van der Waals surface area contributed by atoms with Gasteiger partial charge in [-0.1, -0.05) is 96.0 Å². The molecule has 1 aliphatic rings. The number of nitrogens with one attached hydrogen (secondary N) is 1. The molecule has 1 fully saturated rings. The second kappa shape index (κ2) is 14.1. The van der Waals surface area contributed by atoms with Gasteiger partial charge < -0.3 is 13.6 Å². The normalized spacial score (nSPS) is 12.9. The number of anilines is 1. The molecule has 1 aliphatic heterocycles. The number of imidazole rings is 1. The van der Waals surface area contributed by atoms with Crippen LogP contribution in [0.3, 0.4) is 0 Å². The minimum atomic E-state index is 0.577. The predicted molar refractivity (Wildman–Crippen MR) is 192 cm³/mol. The zero-order valence-corrected chi connectivity index (χ0v) is 27.4. The van der Waals surface area contributed by atoms with Crippen molar-refractivity contribution in [2.75, 3.05) is 24.0 Å². The van der Waals surface area contributed by atoms with Crippen molar-refractivity contribution in [3.63, 3.8) is 0 Å². The van der Waals surface area contributed by atoms with Gasteiger partial charge >= 0.3 is 0 Å². The van der Waals surface area contributed by atoms with Crippen LogP contribution in [0.15, 0.2) is 128 Å². The fraction of sp³-hybridized carbons (Fsp3) is 0.132. The number of ether oxygens (including phenoxy) is 1. The van der Waals surface area contributed by atoms with Crippen LogP contribution in [0.5, 0.6) is 5.75 Å². The molecule has 1 aromatic heterocycles. The van der Waals surface area contributed by atoms with Gasteiger partial charge in [0.05, 0.1) is 23.0 Å². The van der Waals surface area contributed by atoms with Crippen LogP contribution in [-0.4, -0.2) is 29.2 Å². The lowest BCUT2D eigenvalue weighted by atomic mass is 10.0. The highest BCUT2D eigenvalue weighted by atomic mass is 35.5. The van der Waals surface area contributed by atoms with Gasteiger partial charge in [-0.3, -0.25) is 0 Å². The van der Waals surface area contributed by atoms with Gasteiger partial charge in [-0.05, 0) is 70.8 Å². The molecule has 0 radical (unpaired) electrons. The summed E-state index contributed by atoms with van der Waals surface area (Å²) in [5.74, 6) is 1.80. The number of hydrogen-bond acceptors (Lipinski definition) is 5. The minimum absolute atomic E-state index is 0.577. The molecular weight excluding hydrogens is 631 g/mol. The largest absolute Gasteiger partial charge is 0.493 e. The van der Waals surface area contributed by atoms with Crippen LogP contribution in [0.2, 0.25) is 10.0 Å². The third kappa shape index (κ3) is 7.11. The van der Waals surface area contributed by atoms with Crippen molar-refractivity contribution in [1.82, 2.24) is 14.3 Å². The molecule has 1 saturated heterocycles. The van der Waals surface area contributed by atoms with E-state index in [1.807, 2.05) is 30.3 Å². The highest BCUT2D eigenvalue weighted by Gasteiger charge is 2.17. The van der Waals surface area contributed by atoms with Gasteiger partial charge in [0.25, 0.3) is 0 Å². The second-order valence-electron chi connectivity index (χ2n) is 11.1. The highest BCUT2D eigenvalue weighted by molar-refractivity contribution is 7.99. The SMILES string of the molecule is Clc1ccc(-c2cn(-c3cccc(N4CCNS4)c3)c(Cc3ccc(-c4cccc(OCCc5ccccc5)c4)cc3)n2)c(Cl)c1. The van der Waals surface area contributed by atoms with Crippen molar-refractivity contribution in [3.05, 3.63) is 155 Å². The molecule has 0 aliphatic carbocycles. The highest BCUT2D eigenvalue weighted by Crippen LogP contribution is 2.33. The second-order valence-corrected chi connectivity index (χ2v) is 12.9. The summed E-state index contributed by atoms with van der Waals surface area (Å²) < 4.78 is 13.9. The molecule has 0 amide bonds. The van der Waals surface area contributed by atoms with E-state index >= 15 is 0 Å². The Morgan fingerprint density at radius 3 is 2.39 bits per heavy atom. The summed E-state index contributed by atoms with van der Waals surface area (Å²) in [5.41, 5.74) is 8.54. The van der Waals surface area contributed by atoms with E-state index in [2.05, 4.69) is 105 Å². The quantitative estimate of drug-likeness (QED) is 0.148. The maximum Gasteiger partial charge on any atom is 0.119 e. The summed E-state index contributed by atoms with van der Waals surface area (Å²) >= 11 is 14.5. The van der Waals surface area contributed by atoms with E-state index in [-0.39, 0.29) is 0 Å². The molecule has 7 rings (SSSR count). The van der Waals surface area contributed by atoms with Crippen molar-refractivity contribution in [3.8, 4) is 33.8 Å². The van der Waals surface area contributed by atoms with Crippen LogP contribution in [-0.2, 0) is 12.8 Å². The van der Waals surface area contributed by atoms with Gasteiger partial charge in [0.15, 0.2) is 0 Å². The Labute approximate surface area is 284 Å². The van der Waals surface area contributed by atoms with Gasteiger partial charge in [-0.15, -0.1) is 0 Å². The third-order valence-corrected chi connectivity index (χ3v) is 9.45. The Morgan fingerprint density at radius 1 is 0.761 bits per heavy atom. The molecule has 230 valence electrons. The number of aromatic nitrogens is 2. The molecule has 0 atom stereocenters. The van der Waals surface area contributed by atoms with Crippen molar-refractivity contribution in [1.29, 1.82) is 0 Å². The Morgan fingerprint density at radius 2 is 1.59 bits per heavy atom. The monoisotopic (exact) mass is 662 g/mol. The maximum atomic E-state index is 6.63. The maximum absolute atomic E-state index is 6.63. The lowest BCUT2D eigenvalue weighted by Crippen LogP contribution is -2.11. The van der Waals surface area contributed by atoms with Gasteiger partial charge in [-0.25, -0.2) is 9.71 Å². The average molecular weight is 664 g/mol. The van der Waals surface area contributed by atoms with Crippen LogP contribution < -0.4 is 13.8 Å². The molecule has 0 bridgehead atoms.